The first kappa shape index (κ1) is 9.19. The number of aryl methyl sites for hydroxylation is 1. The number of hydrogen-bond donors (Lipinski definition) is 1. The number of hydrogen-bond acceptors (Lipinski definition) is 2. The molecule has 0 atom stereocenters. The molecule has 0 amide bonds. The van der Waals surface area contributed by atoms with Crippen molar-refractivity contribution in [2.75, 3.05) is 0 Å². The number of benzene rings is 1. The van der Waals surface area contributed by atoms with Crippen LogP contribution in [0.25, 0.3) is 0 Å². The summed E-state index contributed by atoms with van der Waals surface area (Å²) in [5.74, 6) is -0.365. The predicted octanol–water partition coefficient (Wildman–Crippen LogP) is 2.70. The number of rotatable bonds is 1. The number of nitrogens with zero attached hydrogens (tertiary/aromatic N) is 1. The Morgan fingerprint density at radius 1 is 1.58 bits per heavy atom. The van der Waals surface area contributed by atoms with Crippen LogP contribution in [0, 0.1) is 12.7 Å². The van der Waals surface area contributed by atoms with Crippen molar-refractivity contribution in [1.29, 1.82) is 0 Å². The highest BCUT2D eigenvalue weighted by atomic mass is 79.9. The lowest BCUT2D eigenvalue weighted by Crippen LogP contribution is -1.92. The number of halogens is 2. The van der Waals surface area contributed by atoms with Crippen LogP contribution < -0.4 is 0 Å². The lowest BCUT2D eigenvalue weighted by atomic mass is 10.1. The average Bonchev–Trinajstić information content (AvgIpc) is 2.00. The third kappa shape index (κ3) is 1.82. The summed E-state index contributed by atoms with van der Waals surface area (Å²) >= 11 is 3.21. The Labute approximate surface area is 77.8 Å². The monoisotopic (exact) mass is 231 g/mol. The molecule has 0 aliphatic heterocycles. The van der Waals surface area contributed by atoms with Crippen molar-refractivity contribution in [3.63, 3.8) is 0 Å². The highest BCUT2D eigenvalue weighted by Crippen LogP contribution is 2.18. The summed E-state index contributed by atoms with van der Waals surface area (Å²) in [7, 11) is 0. The second-order valence-electron chi connectivity index (χ2n) is 2.37. The smallest absolute Gasteiger partial charge is 0.135 e. The molecule has 0 bridgehead atoms. The topological polar surface area (TPSA) is 32.6 Å². The lowest BCUT2D eigenvalue weighted by Gasteiger charge is -2.00. The van der Waals surface area contributed by atoms with Gasteiger partial charge in [-0.3, -0.25) is 0 Å². The van der Waals surface area contributed by atoms with E-state index in [0.29, 0.717) is 5.56 Å². The minimum atomic E-state index is -0.365. The minimum Gasteiger partial charge on any atom is -0.411 e. The van der Waals surface area contributed by atoms with Gasteiger partial charge in [-0.1, -0.05) is 21.1 Å². The molecular formula is C8H7BrFNO. The van der Waals surface area contributed by atoms with Crippen LogP contribution in [0.3, 0.4) is 0 Å². The van der Waals surface area contributed by atoms with Crippen LogP contribution in [-0.4, -0.2) is 11.4 Å². The van der Waals surface area contributed by atoms with Crippen molar-refractivity contribution in [3.05, 3.63) is 33.5 Å². The van der Waals surface area contributed by atoms with Crippen LogP contribution in [0.5, 0.6) is 0 Å². The van der Waals surface area contributed by atoms with E-state index in [9.17, 15) is 4.39 Å². The normalized spacial score (nSPS) is 10.9. The van der Waals surface area contributed by atoms with E-state index in [1.54, 1.807) is 19.1 Å². The fraction of sp³-hybridized carbons (Fsp3) is 0.125. The quantitative estimate of drug-likeness (QED) is 0.450. The van der Waals surface area contributed by atoms with Crippen LogP contribution in [-0.2, 0) is 0 Å². The molecule has 0 aliphatic rings. The van der Waals surface area contributed by atoms with Crippen molar-refractivity contribution in [1.82, 2.24) is 0 Å². The summed E-state index contributed by atoms with van der Waals surface area (Å²) < 4.78 is 13.9. The zero-order chi connectivity index (χ0) is 9.14. The molecule has 0 unspecified atom stereocenters. The Kier molecular flexibility index (Phi) is 2.81. The summed E-state index contributed by atoms with van der Waals surface area (Å²) in [6.07, 6.45) is 1.06. The van der Waals surface area contributed by atoms with E-state index in [0.717, 1.165) is 10.7 Å². The maximum Gasteiger partial charge on any atom is 0.135 e. The Hall–Kier alpha value is -0.900. The first-order valence-electron chi connectivity index (χ1n) is 3.28. The molecule has 0 aromatic heterocycles. The molecule has 64 valence electrons. The van der Waals surface area contributed by atoms with Gasteiger partial charge in [-0.2, -0.15) is 0 Å². The second-order valence-corrected chi connectivity index (χ2v) is 3.29. The molecule has 1 aromatic carbocycles. The molecule has 0 saturated heterocycles. The molecule has 0 saturated carbocycles. The van der Waals surface area contributed by atoms with Crippen LogP contribution in [0.2, 0.25) is 0 Å². The van der Waals surface area contributed by atoms with Gasteiger partial charge in [-0.25, -0.2) is 4.39 Å². The van der Waals surface area contributed by atoms with Gasteiger partial charge in [0.25, 0.3) is 0 Å². The van der Waals surface area contributed by atoms with Gasteiger partial charge in [-0.15, -0.1) is 0 Å². The van der Waals surface area contributed by atoms with Gasteiger partial charge >= 0.3 is 0 Å². The van der Waals surface area contributed by atoms with Gasteiger partial charge in [0.05, 0.1) is 6.21 Å². The summed E-state index contributed by atoms with van der Waals surface area (Å²) in [6.45, 7) is 1.65. The van der Waals surface area contributed by atoms with E-state index in [1.165, 1.54) is 0 Å². The van der Waals surface area contributed by atoms with Crippen LogP contribution in [0.1, 0.15) is 11.1 Å². The summed E-state index contributed by atoms with van der Waals surface area (Å²) in [6, 6.07) is 3.20. The van der Waals surface area contributed by atoms with Crippen molar-refractivity contribution < 1.29 is 9.60 Å². The van der Waals surface area contributed by atoms with E-state index >= 15 is 0 Å². The van der Waals surface area contributed by atoms with Crippen molar-refractivity contribution >= 4 is 22.1 Å². The lowest BCUT2D eigenvalue weighted by molar-refractivity contribution is 0.321. The zero-order valence-electron chi connectivity index (χ0n) is 6.38. The zero-order valence-corrected chi connectivity index (χ0v) is 7.97. The molecule has 2 nitrogen and oxygen atoms in total. The van der Waals surface area contributed by atoms with E-state index in [4.69, 9.17) is 5.21 Å². The Bertz CT molecular complexity index is 325. The molecule has 12 heavy (non-hydrogen) atoms. The molecule has 0 radical (unpaired) electrons. The van der Waals surface area contributed by atoms with Gasteiger partial charge in [0.2, 0.25) is 0 Å². The third-order valence-electron chi connectivity index (χ3n) is 1.44. The molecule has 0 heterocycles. The minimum absolute atomic E-state index is 0.268. The van der Waals surface area contributed by atoms with Gasteiger partial charge in [-0.05, 0) is 24.6 Å². The van der Waals surface area contributed by atoms with Crippen molar-refractivity contribution in [2.45, 2.75) is 6.92 Å². The van der Waals surface area contributed by atoms with Gasteiger partial charge < -0.3 is 5.21 Å². The molecule has 1 aromatic rings. The first-order valence-corrected chi connectivity index (χ1v) is 4.07. The van der Waals surface area contributed by atoms with E-state index in [1.807, 2.05) is 0 Å². The summed E-state index contributed by atoms with van der Waals surface area (Å²) in [4.78, 5) is 0. The Morgan fingerprint density at radius 2 is 2.25 bits per heavy atom. The Balaban J connectivity index is 3.27. The van der Waals surface area contributed by atoms with Crippen molar-refractivity contribution in [2.24, 2.45) is 5.16 Å². The van der Waals surface area contributed by atoms with Gasteiger partial charge in [0.1, 0.15) is 5.82 Å². The van der Waals surface area contributed by atoms with Crippen LogP contribution in [0.15, 0.2) is 21.8 Å². The standard InChI is InChI=1S/C8H7BrFNO/c1-5-2-7(9)3-6(4-11-12)8(5)10/h2-4,12H,1H3/b11-4+. The largest absolute Gasteiger partial charge is 0.411 e. The maximum atomic E-state index is 13.1. The highest BCUT2D eigenvalue weighted by molar-refractivity contribution is 9.10. The molecule has 1 N–H and O–H groups in total. The van der Waals surface area contributed by atoms with E-state index in [2.05, 4.69) is 21.1 Å². The second kappa shape index (κ2) is 3.67. The molecule has 1 rings (SSSR count). The van der Waals surface area contributed by atoms with E-state index in [-0.39, 0.29) is 11.4 Å². The highest BCUT2D eigenvalue weighted by Gasteiger charge is 2.04. The molecule has 4 heteroatoms. The summed E-state index contributed by atoms with van der Waals surface area (Å²) in [5, 5.41) is 11.0. The average molecular weight is 232 g/mol. The fourth-order valence-corrected chi connectivity index (χ4v) is 1.50. The molecular weight excluding hydrogens is 225 g/mol. The fourth-order valence-electron chi connectivity index (χ4n) is 0.908. The van der Waals surface area contributed by atoms with Gasteiger partial charge in [0.15, 0.2) is 0 Å². The Morgan fingerprint density at radius 3 is 2.83 bits per heavy atom. The van der Waals surface area contributed by atoms with Crippen LogP contribution in [0.4, 0.5) is 4.39 Å². The summed E-state index contributed by atoms with van der Waals surface area (Å²) in [5.41, 5.74) is 0.781. The van der Waals surface area contributed by atoms with E-state index < -0.39 is 0 Å². The third-order valence-corrected chi connectivity index (χ3v) is 1.90. The number of oxime groups is 1. The van der Waals surface area contributed by atoms with Crippen LogP contribution >= 0.6 is 15.9 Å². The maximum absolute atomic E-state index is 13.1. The molecule has 0 spiro atoms. The first-order chi connectivity index (χ1) is 5.65. The molecule has 0 fully saturated rings. The predicted molar refractivity (Wildman–Crippen MR) is 48.2 cm³/mol. The SMILES string of the molecule is Cc1cc(Br)cc(/C=N/O)c1F. The van der Waals surface area contributed by atoms with Crippen molar-refractivity contribution in [3.8, 4) is 0 Å². The van der Waals surface area contributed by atoms with Gasteiger partial charge in [0, 0.05) is 10.0 Å². The molecule has 0 aliphatic carbocycles.